The molecule has 0 saturated heterocycles. The Hall–Kier alpha value is -2.55. The Morgan fingerprint density at radius 3 is 2.68 bits per heavy atom. The van der Waals surface area contributed by atoms with Crippen molar-refractivity contribution in [3.8, 4) is 5.75 Å². The fourth-order valence-electron chi connectivity index (χ4n) is 1.50. The lowest BCUT2D eigenvalue weighted by atomic mass is 10.3. The van der Waals surface area contributed by atoms with Crippen LogP contribution < -0.4 is 15.6 Å². The van der Waals surface area contributed by atoms with Gasteiger partial charge in [0.2, 0.25) is 0 Å². The molecule has 0 unspecified atom stereocenters. The lowest BCUT2D eigenvalue weighted by Crippen LogP contribution is -2.47. The zero-order valence-corrected chi connectivity index (χ0v) is 12.6. The maximum Gasteiger partial charge on any atom is 0.283 e. The monoisotopic (exact) mass is 324 g/mol. The van der Waals surface area contributed by atoms with Gasteiger partial charge in [0.1, 0.15) is 4.88 Å². The molecule has 2 rings (SSSR count). The number of para-hydroxylation sites is 1. The van der Waals surface area contributed by atoms with Gasteiger partial charge >= 0.3 is 0 Å². The summed E-state index contributed by atoms with van der Waals surface area (Å²) < 4.78 is 22.2. The van der Waals surface area contributed by atoms with Crippen molar-refractivity contribution in [2.75, 3.05) is 0 Å². The van der Waals surface area contributed by atoms with Crippen LogP contribution in [0.15, 0.2) is 24.3 Å². The summed E-state index contributed by atoms with van der Waals surface area (Å²) in [6.07, 6.45) is -0.988. The quantitative estimate of drug-likeness (QED) is 0.825. The van der Waals surface area contributed by atoms with E-state index in [1.54, 1.807) is 13.0 Å². The number of hydrogen-bond acceptors (Lipinski definition) is 6. The lowest BCUT2D eigenvalue weighted by Gasteiger charge is -2.15. The molecule has 0 spiro atoms. The van der Waals surface area contributed by atoms with Gasteiger partial charge < -0.3 is 4.74 Å². The number of nitrogens with zero attached hydrogens (tertiary/aromatic N) is 2. The largest absolute Gasteiger partial charge is 0.478 e. The molecule has 9 heteroatoms. The lowest BCUT2D eigenvalue weighted by molar-refractivity contribution is -0.128. The van der Waals surface area contributed by atoms with Crippen molar-refractivity contribution in [2.24, 2.45) is 0 Å². The van der Waals surface area contributed by atoms with Crippen LogP contribution >= 0.6 is 11.5 Å². The zero-order chi connectivity index (χ0) is 16.1. The number of halogens is 1. The second-order valence-corrected chi connectivity index (χ2v) is 5.08. The maximum absolute atomic E-state index is 13.4. The molecule has 22 heavy (non-hydrogen) atoms. The maximum atomic E-state index is 13.4. The number of nitrogens with one attached hydrogen (secondary N) is 2. The van der Waals surface area contributed by atoms with Gasteiger partial charge in [-0.25, -0.2) is 4.39 Å². The number of hydrogen-bond donors (Lipinski definition) is 2. The standard InChI is InChI=1S/C13H13FN4O3S/c1-7-11(22-18-15-7)13(20)17-16-12(19)8(2)21-10-6-4-3-5-9(10)14/h3-6,8H,1-2H3,(H,16,19)(H,17,20)/t8-/m1/s1. The molecule has 116 valence electrons. The minimum absolute atomic E-state index is 0.0426. The Balaban J connectivity index is 1.88. The van der Waals surface area contributed by atoms with Crippen LogP contribution in [0.3, 0.4) is 0 Å². The molecular formula is C13H13FN4O3S. The molecule has 0 aliphatic carbocycles. The second kappa shape index (κ2) is 6.94. The van der Waals surface area contributed by atoms with Gasteiger partial charge in [-0.3, -0.25) is 20.4 Å². The van der Waals surface area contributed by atoms with Gasteiger partial charge in [0.05, 0.1) is 5.69 Å². The summed E-state index contributed by atoms with van der Waals surface area (Å²) in [6, 6.07) is 5.73. The van der Waals surface area contributed by atoms with Gasteiger partial charge in [0.15, 0.2) is 17.7 Å². The number of aromatic nitrogens is 2. The number of carbonyl (C=O) groups is 2. The molecule has 1 atom stereocenters. The SMILES string of the molecule is Cc1nnsc1C(=O)NNC(=O)[C@@H](C)Oc1ccccc1F. The molecule has 0 bridgehead atoms. The average molecular weight is 324 g/mol. The molecule has 0 aliphatic rings. The molecule has 1 heterocycles. The summed E-state index contributed by atoms with van der Waals surface area (Å²) in [5.41, 5.74) is 4.89. The van der Waals surface area contributed by atoms with Gasteiger partial charge in [-0.2, -0.15) is 0 Å². The first-order chi connectivity index (χ1) is 10.5. The van der Waals surface area contributed by atoms with E-state index >= 15 is 0 Å². The van der Waals surface area contributed by atoms with E-state index in [4.69, 9.17) is 4.74 Å². The third-order valence-corrected chi connectivity index (χ3v) is 3.49. The Morgan fingerprint density at radius 2 is 2.05 bits per heavy atom. The second-order valence-electron chi connectivity index (χ2n) is 4.32. The van der Waals surface area contributed by atoms with Gasteiger partial charge in [-0.15, -0.1) is 5.10 Å². The van der Waals surface area contributed by atoms with Gasteiger partial charge in [-0.05, 0) is 37.5 Å². The summed E-state index contributed by atoms with van der Waals surface area (Å²) in [5, 5.41) is 3.69. The number of rotatable bonds is 4. The van der Waals surface area contributed by atoms with Gasteiger partial charge in [0, 0.05) is 0 Å². The summed E-state index contributed by atoms with van der Waals surface area (Å²) in [6.45, 7) is 3.07. The number of carbonyl (C=O) groups excluding carboxylic acids is 2. The number of amides is 2. The van der Waals surface area contributed by atoms with Crippen molar-refractivity contribution >= 4 is 23.3 Å². The molecule has 0 radical (unpaired) electrons. The molecular weight excluding hydrogens is 311 g/mol. The van der Waals surface area contributed by atoms with Crippen molar-refractivity contribution < 1.29 is 18.7 Å². The van der Waals surface area contributed by atoms with Crippen LogP contribution in [0, 0.1) is 12.7 Å². The minimum atomic E-state index is -0.988. The van der Waals surface area contributed by atoms with Crippen molar-refractivity contribution in [3.63, 3.8) is 0 Å². The summed E-state index contributed by atoms with van der Waals surface area (Å²) in [4.78, 5) is 23.9. The summed E-state index contributed by atoms with van der Waals surface area (Å²) in [5.74, 6) is -1.76. The Kier molecular flexibility index (Phi) is 4.99. The van der Waals surface area contributed by atoms with E-state index in [0.717, 1.165) is 11.5 Å². The normalized spacial score (nSPS) is 11.6. The number of benzene rings is 1. The van der Waals surface area contributed by atoms with Crippen LogP contribution in [0.25, 0.3) is 0 Å². The molecule has 7 nitrogen and oxygen atoms in total. The highest BCUT2D eigenvalue weighted by molar-refractivity contribution is 7.07. The van der Waals surface area contributed by atoms with Crippen molar-refractivity contribution in [2.45, 2.75) is 20.0 Å². The minimum Gasteiger partial charge on any atom is -0.478 e. The van der Waals surface area contributed by atoms with Crippen LogP contribution in [-0.2, 0) is 4.79 Å². The molecule has 0 aliphatic heterocycles. The molecule has 2 N–H and O–H groups in total. The first-order valence-corrected chi connectivity index (χ1v) is 7.06. The topological polar surface area (TPSA) is 93.2 Å². The Morgan fingerprint density at radius 1 is 1.32 bits per heavy atom. The first kappa shape index (κ1) is 15.8. The predicted octanol–water partition coefficient (Wildman–Crippen LogP) is 1.21. The Labute approximate surface area is 129 Å². The van der Waals surface area contributed by atoms with E-state index in [9.17, 15) is 14.0 Å². The number of hydrazine groups is 1. The number of ether oxygens (including phenoxy) is 1. The highest BCUT2D eigenvalue weighted by Crippen LogP contribution is 2.16. The van der Waals surface area contributed by atoms with E-state index in [1.165, 1.54) is 25.1 Å². The molecule has 1 aromatic heterocycles. The van der Waals surface area contributed by atoms with Crippen LogP contribution in [0.4, 0.5) is 4.39 Å². The van der Waals surface area contributed by atoms with E-state index in [-0.39, 0.29) is 5.75 Å². The smallest absolute Gasteiger partial charge is 0.283 e. The zero-order valence-electron chi connectivity index (χ0n) is 11.8. The first-order valence-electron chi connectivity index (χ1n) is 6.29. The van der Waals surface area contributed by atoms with Crippen LogP contribution in [0.1, 0.15) is 22.3 Å². The van der Waals surface area contributed by atoms with Crippen molar-refractivity contribution in [1.82, 2.24) is 20.4 Å². The van der Waals surface area contributed by atoms with E-state index in [2.05, 4.69) is 20.4 Å². The van der Waals surface area contributed by atoms with E-state index < -0.39 is 23.7 Å². The van der Waals surface area contributed by atoms with Crippen molar-refractivity contribution in [3.05, 3.63) is 40.7 Å². The molecule has 2 aromatic rings. The Bertz CT molecular complexity index is 691. The fourth-order valence-corrected chi connectivity index (χ4v) is 2.05. The van der Waals surface area contributed by atoms with E-state index in [0.29, 0.717) is 10.6 Å². The molecule has 0 saturated carbocycles. The highest BCUT2D eigenvalue weighted by Gasteiger charge is 2.19. The molecule has 2 amide bonds. The van der Waals surface area contributed by atoms with Crippen molar-refractivity contribution in [1.29, 1.82) is 0 Å². The third kappa shape index (κ3) is 3.76. The van der Waals surface area contributed by atoms with Gasteiger partial charge in [-0.1, -0.05) is 16.6 Å². The summed E-state index contributed by atoms with van der Waals surface area (Å²) in [7, 11) is 0. The third-order valence-electron chi connectivity index (χ3n) is 2.67. The van der Waals surface area contributed by atoms with Crippen LogP contribution in [0.2, 0.25) is 0 Å². The van der Waals surface area contributed by atoms with E-state index in [1.807, 2.05) is 0 Å². The number of aryl methyl sites for hydroxylation is 1. The van der Waals surface area contributed by atoms with Crippen LogP contribution in [0.5, 0.6) is 5.75 Å². The average Bonchev–Trinajstić information content (AvgIpc) is 2.93. The highest BCUT2D eigenvalue weighted by atomic mass is 32.1. The predicted molar refractivity (Wildman–Crippen MR) is 76.7 cm³/mol. The van der Waals surface area contributed by atoms with Crippen LogP contribution in [-0.4, -0.2) is 27.5 Å². The van der Waals surface area contributed by atoms with Gasteiger partial charge in [0.25, 0.3) is 11.8 Å². The molecule has 0 fully saturated rings. The summed E-state index contributed by atoms with van der Waals surface area (Å²) >= 11 is 0.917. The fraction of sp³-hybridized carbons (Fsp3) is 0.231. The molecule has 1 aromatic carbocycles.